The van der Waals surface area contributed by atoms with Crippen molar-refractivity contribution in [3.8, 4) is 0 Å². The molecule has 0 saturated heterocycles. The van der Waals surface area contributed by atoms with E-state index in [9.17, 15) is 4.79 Å². The molecule has 35 heavy (non-hydrogen) atoms. The zero-order valence-corrected chi connectivity index (χ0v) is 21.1. The molecule has 0 fully saturated rings. The zero-order valence-electron chi connectivity index (χ0n) is 21.1. The van der Waals surface area contributed by atoms with Crippen molar-refractivity contribution in [2.75, 3.05) is 19.1 Å². The zero-order chi connectivity index (χ0) is 24.8. The predicted octanol–water partition coefficient (Wildman–Crippen LogP) is 4.45. The highest BCUT2D eigenvalue weighted by molar-refractivity contribution is 5.74. The first-order valence-electron chi connectivity index (χ1n) is 12.3. The van der Waals surface area contributed by atoms with Gasteiger partial charge in [-0.1, -0.05) is 43.7 Å². The quantitative estimate of drug-likeness (QED) is 0.572. The number of unbranched alkanes of at least 4 members (excludes halogenated alkanes) is 1. The van der Waals surface area contributed by atoms with Gasteiger partial charge in [-0.3, -0.25) is 20.1 Å². The fourth-order valence-corrected chi connectivity index (χ4v) is 4.56. The van der Waals surface area contributed by atoms with Gasteiger partial charge in [0.15, 0.2) is 5.82 Å². The van der Waals surface area contributed by atoms with Gasteiger partial charge < -0.3 is 4.74 Å². The average Bonchev–Trinajstić information content (AvgIpc) is 2.85. The molecule has 0 aliphatic carbocycles. The van der Waals surface area contributed by atoms with Crippen LogP contribution >= 0.6 is 0 Å². The number of hydrogen-bond acceptors (Lipinski definition) is 6. The van der Waals surface area contributed by atoms with Gasteiger partial charge in [-0.15, -0.1) is 0 Å². The van der Waals surface area contributed by atoms with Crippen LogP contribution in [-0.2, 0) is 24.3 Å². The number of hydrogen-bond donors (Lipinski definition) is 1. The van der Waals surface area contributed by atoms with E-state index >= 15 is 0 Å². The van der Waals surface area contributed by atoms with Gasteiger partial charge in [-0.2, -0.15) is 0 Å². The van der Waals surface area contributed by atoms with Crippen LogP contribution in [0.25, 0.3) is 11.6 Å². The molecule has 0 amide bonds. The van der Waals surface area contributed by atoms with E-state index in [-0.39, 0.29) is 11.7 Å². The van der Waals surface area contributed by atoms with E-state index in [1.165, 1.54) is 16.3 Å². The molecule has 2 aliphatic heterocycles. The summed E-state index contributed by atoms with van der Waals surface area (Å²) in [6.45, 7) is 8.25. The third-order valence-corrected chi connectivity index (χ3v) is 6.39. The topological polar surface area (TPSA) is 72.3 Å². The number of methoxy groups -OCH3 is 1. The van der Waals surface area contributed by atoms with Gasteiger partial charge in [0.2, 0.25) is 0 Å². The minimum Gasteiger partial charge on any atom is -0.378 e. The molecule has 4 rings (SSSR count). The molecular formula is C28H35N5O2. The van der Waals surface area contributed by atoms with Crippen LogP contribution in [0, 0.1) is 0 Å². The largest absolute Gasteiger partial charge is 0.378 e. The number of allylic oxidation sites excluding steroid dienone is 6. The van der Waals surface area contributed by atoms with E-state index in [4.69, 9.17) is 9.72 Å². The molecule has 7 nitrogen and oxygen atoms in total. The number of ether oxygens (including phenoxy) is 1. The first-order valence-corrected chi connectivity index (χ1v) is 12.3. The summed E-state index contributed by atoms with van der Waals surface area (Å²) >= 11 is 0. The summed E-state index contributed by atoms with van der Waals surface area (Å²) in [5.41, 5.74) is 9.66. The van der Waals surface area contributed by atoms with Crippen molar-refractivity contribution < 1.29 is 4.74 Å². The first-order chi connectivity index (χ1) is 17.0. The van der Waals surface area contributed by atoms with E-state index < -0.39 is 0 Å². The number of nitrogens with one attached hydrogen (secondary N) is 1. The highest BCUT2D eigenvalue weighted by Crippen LogP contribution is 2.26. The smallest absolute Gasteiger partial charge is 0.272 e. The van der Waals surface area contributed by atoms with Crippen LogP contribution in [0.5, 0.6) is 0 Å². The Labute approximate surface area is 207 Å². The Morgan fingerprint density at radius 3 is 2.94 bits per heavy atom. The molecule has 2 aromatic heterocycles. The normalized spacial score (nSPS) is 18.5. The van der Waals surface area contributed by atoms with Gasteiger partial charge in [0.25, 0.3) is 5.56 Å². The lowest BCUT2D eigenvalue weighted by atomic mass is 9.98. The summed E-state index contributed by atoms with van der Waals surface area (Å²) in [5, 5.41) is 0. The molecule has 4 heterocycles. The highest BCUT2D eigenvalue weighted by atomic mass is 16.5. The van der Waals surface area contributed by atoms with E-state index in [0.29, 0.717) is 18.1 Å². The number of pyridine rings is 1. The summed E-state index contributed by atoms with van der Waals surface area (Å²) < 4.78 is 6.68. The highest BCUT2D eigenvalue weighted by Gasteiger charge is 2.29. The van der Waals surface area contributed by atoms with Gasteiger partial charge in [0.05, 0.1) is 12.3 Å². The summed E-state index contributed by atoms with van der Waals surface area (Å²) in [7, 11) is 1.60. The number of aromatic nitrogens is 3. The van der Waals surface area contributed by atoms with Crippen molar-refractivity contribution in [1.29, 1.82) is 0 Å². The maximum Gasteiger partial charge on any atom is 0.272 e. The second-order valence-electron chi connectivity index (χ2n) is 9.00. The number of rotatable bonds is 8. The van der Waals surface area contributed by atoms with Crippen molar-refractivity contribution in [1.82, 2.24) is 19.5 Å². The maximum absolute atomic E-state index is 12.7. The lowest BCUT2D eigenvalue weighted by molar-refractivity contribution is 0.180. The Morgan fingerprint density at radius 2 is 2.17 bits per heavy atom. The summed E-state index contributed by atoms with van der Waals surface area (Å²) in [6, 6.07) is 3.78. The molecular weight excluding hydrogens is 438 g/mol. The Morgan fingerprint density at radius 1 is 1.31 bits per heavy atom. The average molecular weight is 474 g/mol. The fourth-order valence-electron chi connectivity index (χ4n) is 4.56. The monoisotopic (exact) mass is 473 g/mol. The Bertz CT molecular complexity index is 1240. The van der Waals surface area contributed by atoms with E-state index in [1.54, 1.807) is 7.11 Å². The third kappa shape index (κ3) is 5.69. The van der Waals surface area contributed by atoms with Crippen LogP contribution in [0.3, 0.4) is 0 Å². The van der Waals surface area contributed by atoms with Gasteiger partial charge in [-0.05, 0) is 49.1 Å². The Hall–Kier alpha value is -3.29. The standard InChI is InChI=1S/C28H35N5O2/c1-5-7-8-9-10-11-21(6-2)22-15-23-18-32(13-12-25(23)29-17-22)28-20(3)14-26-30-24(19-35-4)16-27(34)33(26)31-28/h6,8-11,14-17,28,31H,5,7,12-13,18-19H2,1-4H3/b9-8+,11-10-,21-6+. The molecule has 1 atom stereocenters. The lowest BCUT2D eigenvalue weighted by Gasteiger charge is -2.38. The molecule has 1 unspecified atom stereocenters. The van der Waals surface area contributed by atoms with Crippen molar-refractivity contribution in [3.63, 3.8) is 0 Å². The molecule has 184 valence electrons. The lowest BCUT2D eigenvalue weighted by Crippen LogP contribution is -2.51. The molecule has 2 aromatic rings. The fraction of sp³-hybridized carbons (Fsp3) is 0.393. The van der Waals surface area contributed by atoms with Crippen molar-refractivity contribution in [2.24, 2.45) is 0 Å². The summed E-state index contributed by atoms with van der Waals surface area (Å²) in [6.07, 6.45) is 17.7. The van der Waals surface area contributed by atoms with Crippen molar-refractivity contribution >= 4 is 11.6 Å². The molecule has 0 aromatic carbocycles. The van der Waals surface area contributed by atoms with Crippen molar-refractivity contribution in [3.05, 3.63) is 93.0 Å². The minimum atomic E-state index is -0.130. The van der Waals surface area contributed by atoms with Gasteiger partial charge in [-0.25, -0.2) is 9.66 Å². The third-order valence-electron chi connectivity index (χ3n) is 6.39. The molecule has 1 N–H and O–H groups in total. The van der Waals surface area contributed by atoms with Crippen LogP contribution in [0.4, 0.5) is 0 Å². The number of nitrogens with zero attached hydrogens (tertiary/aromatic N) is 4. The second-order valence-corrected chi connectivity index (χ2v) is 9.00. The van der Waals surface area contributed by atoms with Crippen LogP contribution in [0.2, 0.25) is 0 Å². The molecule has 0 bridgehead atoms. The van der Waals surface area contributed by atoms with E-state index in [2.05, 4.69) is 72.5 Å². The summed E-state index contributed by atoms with van der Waals surface area (Å²) in [5.74, 6) is 0.608. The number of fused-ring (bicyclic) bond motifs is 2. The van der Waals surface area contributed by atoms with Crippen LogP contribution in [-0.4, -0.2) is 39.4 Å². The van der Waals surface area contributed by atoms with Crippen LogP contribution < -0.4 is 11.0 Å². The van der Waals surface area contributed by atoms with Gasteiger partial charge in [0.1, 0.15) is 6.17 Å². The minimum absolute atomic E-state index is 0.0862. The van der Waals surface area contributed by atoms with Crippen LogP contribution in [0.1, 0.15) is 62.0 Å². The molecule has 0 spiro atoms. The van der Waals surface area contributed by atoms with Gasteiger partial charge >= 0.3 is 0 Å². The first kappa shape index (κ1) is 24.8. The van der Waals surface area contributed by atoms with E-state index in [1.807, 2.05) is 12.3 Å². The molecule has 0 saturated carbocycles. The Balaban J connectivity index is 1.53. The molecule has 7 heteroatoms. The van der Waals surface area contributed by atoms with Crippen LogP contribution in [0.15, 0.2) is 59.1 Å². The van der Waals surface area contributed by atoms with Crippen molar-refractivity contribution in [2.45, 2.75) is 59.4 Å². The van der Waals surface area contributed by atoms with Gasteiger partial charge in [0, 0.05) is 50.1 Å². The SMILES string of the molecule is C\C=C(/C=C\C=C\CCC)c1cnc2c(c1)CN(C1Nn3c(nc(COC)cc3=O)C=C1C)CC2. The molecule has 0 radical (unpaired) electrons. The maximum atomic E-state index is 12.7. The Kier molecular flexibility index (Phi) is 8.10. The molecule has 2 aliphatic rings. The second kappa shape index (κ2) is 11.4. The summed E-state index contributed by atoms with van der Waals surface area (Å²) in [4.78, 5) is 24.4. The predicted molar refractivity (Wildman–Crippen MR) is 141 cm³/mol. The van der Waals surface area contributed by atoms with E-state index in [0.717, 1.165) is 54.8 Å².